The molecule has 2 unspecified atom stereocenters. The van der Waals surface area contributed by atoms with Gasteiger partial charge in [0.2, 0.25) is 0 Å². The molecule has 0 amide bonds. The van der Waals surface area contributed by atoms with Gasteiger partial charge in [-0.3, -0.25) is 0 Å². The number of hydrogen-bond donors (Lipinski definition) is 3. The molecular formula is C25H32O3. The van der Waals surface area contributed by atoms with Crippen LogP contribution in [0, 0.1) is 10.8 Å². The molecule has 0 saturated carbocycles. The maximum Gasteiger partial charge on any atom is 0.119 e. The highest BCUT2D eigenvalue weighted by molar-refractivity contribution is 5.46. The summed E-state index contributed by atoms with van der Waals surface area (Å²) in [4.78, 5) is 0. The molecule has 0 aromatic heterocycles. The second kappa shape index (κ2) is 6.88. The predicted molar refractivity (Wildman–Crippen MR) is 114 cm³/mol. The van der Waals surface area contributed by atoms with E-state index < -0.39 is 0 Å². The quantitative estimate of drug-likeness (QED) is 0.537. The second-order valence-electron chi connectivity index (χ2n) is 9.27. The zero-order valence-corrected chi connectivity index (χ0v) is 17.8. The summed E-state index contributed by atoms with van der Waals surface area (Å²) in [5.74, 6) is 1.02. The molecule has 2 aliphatic carbocycles. The summed E-state index contributed by atoms with van der Waals surface area (Å²) in [5, 5.41) is 31.6. The van der Waals surface area contributed by atoms with E-state index in [-0.39, 0.29) is 16.7 Å². The van der Waals surface area contributed by atoms with Crippen LogP contribution in [0.3, 0.4) is 0 Å². The summed E-state index contributed by atoms with van der Waals surface area (Å²) in [5.41, 5.74) is 4.01. The highest BCUT2D eigenvalue weighted by atomic mass is 16.3. The molecule has 0 fully saturated rings. The molecule has 0 heterocycles. The fourth-order valence-corrected chi connectivity index (χ4v) is 5.78. The Labute approximate surface area is 168 Å². The van der Waals surface area contributed by atoms with Crippen molar-refractivity contribution in [2.24, 2.45) is 10.8 Å². The van der Waals surface area contributed by atoms with Gasteiger partial charge in [0.15, 0.2) is 0 Å². The van der Waals surface area contributed by atoms with Crippen molar-refractivity contribution >= 4 is 0 Å². The third-order valence-corrected chi connectivity index (χ3v) is 6.51. The third kappa shape index (κ3) is 3.28. The Hall–Kier alpha value is -2.42. The Morgan fingerprint density at radius 2 is 1.18 bits per heavy atom. The normalized spacial score (nSPS) is 29.5. The summed E-state index contributed by atoms with van der Waals surface area (Å²) in [6.45, 7) is 12.3. The number of aliphatic hydroxyl groups is 2. The molecule has 2 atom stereocenters. The Bertz CT molecular complexity index is 877. The molecule has 2 aliphatic rings. The van der Waals surface area contributed by atoms with E-state index in [0.29, 0.717) is 30.1 Å². The molecule has 28 heavy (non-hydrogen) atoms. The molecule has 0 aliphatic heterocycles. The lowest BCUT2D eigenvalue weighted by Gasteiger charge is -2.49. The molecule has 0 spiro atoms. The molecule has 0 bridgehead atoms. The van der Waals surface area contributed by atoms with Gasteiger partial charge in [-0.15, -0.1) is 0 Å². The van der Waals surface area contributed by atoms with E-state index >= 15 is 0 Å². The number of hydrogen-bond acceptors (Lipinski definition) is 3. The van der Waals surface area contributed by atoms with Crippen molar-refractivity contribution in [2.75, 3.05) is 0 Å². The molecule has 3 nitrogen and oxygen atoms in total. The van der Waals surface area contributed by atoms with Gasteiger partial charge in [0.25, 0.3) is 0 Å². The molecule has 0 saturated heterocycles. The molecule has 1 aromatic carbocycles. The Morgan fingerprint density at radius 3 is 1.57 bits per heavy atom. The van der Waals surface area contributed by atoms with Crippen molar-refractivity contribution < 1.29 is 15.3 Å². The van der Waals surface area contributed by atoms with Gasteiger partial charge in [-0.1, -0.05) is 44.2 Å². The maximum atomic E-state index is 10.8. The van der Waals surface area contributed by atoms with Crippen LogP contribution in [0.25, 0.3) is 0 Å². The minimum absolute atomic E-state index is 0.0304. The highest BCUT2D eigenvalue weighted by Crippen LogP contribution is 2.59. The van der Waals surface area contributed by atoms with Crippen LogP contribution in [0.5, 0.6) is 5.75 Å². The van der Waals surface area contributed by atoms with Crippen LogP contribution in [-0.2, 0) is 0 Å². The van der Waals surface area contributed by atoms with Crippen molar-refractivity contribution in [3.63, 3.8) is 0 Å². The van der Waals surface area contributed by atoms with Crippen LogP contribution in [-0.4, -0.2) is 15.3 Å². The van der Waals surface area contributed by atoms with Gasteiger partial charge in [0, 0.05) is 5.92 Å². The van der Waals surface area contributed by atoms with Crippen molar-refractivity contribution in [3.8, 4) is 5.75 Å². The number of benzene rings is 1. The van der Waals surface area contributed by atoms with E-state index in [0.717, 1.165) is 27.9 Å². The average molecular weight is 381 g/mol. The van der Waals surface area contributed by atoms with E-state index in [9.17, 15) is 15.3 Å². The van der Waals surface area contributed by atoms with Crippen molar-refractivity contribution in [1.29, 1.82) is 0 Å². The predicted octanol–water partition coefficient (Wildman–Crippen LogP) is 6.85. The maximum absolute atomic E-state index is 10.8. The van der Waals surface area contributed by atoms with Crippen molar-refractivity contribution in [3.05, 3.63) is 75.8 Å². The van der Waals surface area contributed by atoms with Gasteiger partial charge in [-0.25, -0.2) is 0 Å². The number of rotatable bonds is 3. The molecule has 3 rings (SSSR count). The molecule has 3 heteroatoms. The summed E-state index contributed by atoms with van der Waals surface area (Å²) in [7, 11) is 0. The third-order valence-electron chi connectivity index (χ3n) is 6.51. The van der Waals surface area contributed by atoms with Gasteiger partial charge in [0.1, 0.15) is 17.3 Å². The lowest BCUT2D eigenvalue weighted by Crippen LogP contribution is -2.39. The van der Waals surface area contributed by atoms with Crippen molar-refractivity contribution in [2.45, 2.75) is 60.3 Å². The first-order chi connectivity index (χ1) is 13.0. The Morgan fingerprint density at radius 1 is 0.750 bits per heavy atom. The minimum Gasteiger partial charge on any atom is -0.508 e. The smallest absolute Gasteiger partial charge is 0.119 e. The van der Waals surface area contributed by atoms with Crippen LogP contribution in [0.1, 0.15) is 65.9 Å². The fourth-order valence-electron chi connectivity index (χ4n) is 5.78. The topological polar surface area (TPSA) is 60.7 Å². The van der Waals surface area contributed by atoms with Gasteiger partial charge >= 0.3 is 0 Å². The van der Waals surface area contributed by atoms with E-state index in [1.165, 1.54) is 0 Å². The van der Waals surface area contributed by atoms with E-state index in [1.54, 1.807) is 6.07 Å². The molecule has 1 aromatic rings. The summed E-state index contributed by atoms with van der Waals surface area (Å²) >= 11 is 0. The summed E-state index contributed by atoms with van der Waals surface area (Å²) in [6.07, 6.45) is 5.75. The van der Waals surface area contributed by atoms with Gasteiger partial charge in [-0.05, 0) is 85.3 Å². The Balaban J connectivity index is 2.23. The molecule has 3 N–H and O–H groups in total. The molecule has 0 radical (unpaired) electrons. The first-order valence-corrected chi connectivity index (χ1v) is 9.93. The monoisotopic (exact) mass is 380 g/mol. The number of aromatic hydroxyl groups is 1. The largest absolute Gasteiger partial charge is 0.508 e. The van der Waals surface area contributed by atoms with Gasteiger partial charge in [-0.2, -0.15) is 0 Å². The number of phenols is 1. The summed E-state index contributed by atoms with van der Waals surface area (Å²) < 4.78 is 0. The zero-order chi connectivity index (χ0) is 20.9. The van der Waals surface area contributed by atoms with Crippen LogP contribution >= 0.6 is 0 Å². The lowest BCUT2D eigenvalue weighted by molar-refractivity contribution is 0.176. The molecule has 150 valence electrons. The average Bonchev–Trinajstić information content (AvgIpc) is 2.59. The van der Waals surface area contributed by atoms with Gasteiger partial charge in [0.05, 0.1) is 0 Å². The lowest BCUT2D eigenvalue weighted by atomic mass is 9.54. The first-order valence-electron chi connectivity index (χ1n) is 9.93. The summed E-state index contributed by atoms with van der Waals surface area (Å²) in [6, 6.07) is 7.56. The highest BCUT2D eigenvalue weighted by Gasteiger charge is 2.48. The van der Waals surface area contributed by atoms with E-state index in [4.69, 9.17) is 0 Å². The standard InChI is InChI=1S/C25H32O3/c1-15-11-24(5,12-16(2)21(15)27)23(19-9-7-8-10-20(19)26)25(6)13-17(3)22(28)18(4)14-25/h7-11,13,23,26-28H,12,14H2,1-6H3. The number of phenolic OH excluding ortho intramolecular Hbond substituents is 1. The fraction of sp³-hybridized carbons (Fsp3) is 0.440. The second-order valence-corrected chi connectivity index (χ2v) is 9.27. The number of para-hydroxylation sites is 1. The SMILES string of the molecule is CC1=CC(C)(C(c2ccccc2O)C2(C)C=C(C)C(O)=C(C)C2)CC(C)=C1O. The zero-order valence-electron chi connectivity index (χ0n) is 17.8. The number of aliphatic hydroxyl groups excluding tert-OH is 2. The van der Waals surface area contributed by atoms with Crippen LogP contribution in [0.4, 0.5) is 0 Å². The molecular weight excluding hydrogens is 348 g/mol. The van der Waals surface area contributed by atoms with E-state index in [1.807, 2.05) is 45.9 Å². The van der Waals surface area contributed by atoms with Crippen LogP contribution < -0.4 is 0 Å². The number of allylic oxidation sites excluding steroid dienone is 6. The van der Waals surface area contributed by atoms with Crippen LogP contribution in [0.2, 0.25) is 0 Å². The first kappa shape index (κ1) is 20.3. The van der Waals surface area contributed by atoms with E-state index in [2.05, 4.69) is 26.0 Å². The van der Waals surface area contributed by atoms with Gasteiger partial charge < -0.3 is 15.3 Å². The Kier molecular flexibility index (Phi) is 4.99. The minimum atomic E-state index is -0.294. The van der Waals surface area contributed by atoms with Crippen molar-refractivity contribution in [1.82, 2.24) is 0 Å². The van der Waals surface area contributed by atoms with Crippen LogP contribution in [0.15, 0.2) is 70.2 Å².